The van der Waals surface area contributed by atoms with Gasteiger partial charge in [0.15, 0.2) is 0 Å². The number of benzene rings is 2. The van der Waals surface area contributed by atoms with Crippen molar-refractivity contribution in [3.05, 3.63) is 63.6 Å². The van der Waals surface area contributed by atoms with E-state index in [0.717, 1.165) is 0 Å². The minimum atomic E-state index is 0.322. The van der Waals surface area contributed by atoms with Crippen molar-refractivity contribution in [1.29, 1.82) is 0 Å². The molecule has 0 saturated carbocycles. The zero-order chi connectivity index (χ0) is 12.0. The van der Waals surface area contributed by atoms with Crippen molar-refractivity contribution in [3.63, 3.8) is 0 Å². The van der Waals surface area contributed by atoms with E-state index in [-0.39, 0.29) is 0 Å². The molecule has 0 aliphatic rings. The third kappa shape index (κ3) is 5.26. The Labute approximate surface area is 109 Å². The van der Waals surface area contributed by atoms with Crippen LogP contribution in [-0.2, 0) is 0 Å². The summed E-state index contributed by atoms with van der Waals surface area (Å²) in [6, 6.07) is 13.6. The minimum Gasteiger partial charge on any atom is -0.508 e. The summed E-state index contributed by atoms with van der Waals surface area (Å²) >= 11 is 16.7. The SMILES string of the molecule is Clc1cc(Cl)cc(Cl)c1.Oc1ccccc1. The second-order valence-corrected chi connectivity index (χ2v) is 4.23. The Bertz CT molecular complexity index is 393. The fourth-order valence-electron chi connectivity index (χ4n) is 0.948. The smallest absolute Gasteiger partial charge is 0.115 e. The summed E-state index contributed by atoms with van der Waals surface area (Å²) in [6.45, 7) is 0. The summed E-state index contributed by atoms with van der Waals surface area (Å²) in [5, 5.41) is 10.3. The van der Waals surface area contributed by atoms with Crippen LogP contribution in [0.15, 0.2) is 48.5 Å². The highest BCUT2D eigenvalue weighted by atomic mass is 35.5. The molecule has 0 fully saturated rings. The highest BCUT2D eigenvalue weighted by molar-refractivity contribution is 6.38. The number of hydrogen-bond donors (Lipinski definition) is 1. The third-order valence-electron chi connectivity index (χ3n) is 1.58. The van der Waals surface area contributed by atoms with Gasteiger partial charge in [0, 0.05) is 15.1 Å². The Balaban J connectivity index is 0.000000165. The number of aromatic hydroxyl groups is 1. The zero-order valence-corrected chi connectivity index (χ0v) is 10.5. The molecule has 2 aromatic rings. The van der Waals surface area contributed by atoms with Crippen molar-refractivity contribution in [3.8, 4) is 5.75 Å². The largest absolute Gasteiger partial charge is 0.508 e. The summed E-state index contributed by atoms with van der Waals surface area (Å²) in [4.78, 5) is 0. The molecule has 0 saturated heterocycles. The molecule has 0 aliphatic carbocycles. The molecule has 0 spiro atoms. The number of para-hydroxylation sites is 1. The van der Waals surface area contributed by atoms with E-state index >= 15 is 0 Å². The Morgan fingerprint density at radius 2 is 1.06 bits per heavy atom. The first kappa shape index (κ1) is 13.2. The van der Waals surface area contributed by atoms with Gasteiger partial charge in [0.1, 0.15) is 5.75 Å². The molecule has 2 rings (SSSR count). The highest BCUT2D eigenvalue weighted by Crippen LogP contribution is 2.21. The molecule has 0 aliphatic heterocycles. The van der Waals surface area contributed by atoms with Crippen LogP contribution in [0.1, 0.15) is 0 Å². The Morgan fingerprint density at radius 3 is 1.31 bits per heavy atom. The van der Waals surface area contributed by atoms with Gasteiger partial charge in [0.05, 0.1) is 0 Å². The topological polar surface area (TPSA) is 20.2 Å². The first-order chi connectivity index (χ1) is 7.58. The van der Waals surface area contributed by atoms with E-state index in [2.05, 4.69) is 0 Å². The average Bonchev–Trinajstić information content (AvgIpc) is 2.17. The van der Waals surface area contributed by atoms with Crippen molar-refractivity contribution < 1.29 is 5.11 Å². The van der Waals surface area contributed by atoms with E-state index in [4.69, 9.17) is 39.9 Å². The number of rotatable bonds is 0. The minimum absolute atomic E-state index is 0.322. The molecule has 0 radical (unpaired) electrons. The summed E-state index contributed by atoms with van der Waals surface area (Å²) in [6.07, 6.45) is 0. The summed E-state index contributed by atoms with van der Waals surface area (Å²) < 4.78 is 0. The summed E-state index contributed by atoms with van der Waals surface area (Å²) in [5.41, 5.74) is 0. The fraction of sp³-hybridized carbons (Fsp3) is 0. The van der Waals surface area contributed by atoms with Gasteiger partial charge in [0.2, 0.25) is 0 Å². The third-order valence-corrected chi connectivity index (χ3v) is 2.24. The normalized spacial score (nSPS) is 9.19. The van der Waals surface area contributed by atoms with Crippen molar-refractivity contribution in [1.82, 2.24) is 0 Å². The molecule has 16 heavy (non-hydrogen) atoms. The molecular formula is C12H9Cl3O. The van der Waals surface area contributed by atoms with Crippen LogP contribution >= 0.6 is 34.8 Å². The van der Waals surface area contributed by atoms with Gasteiger partial charge < -0.3 is 5.11 Å². The Hall–Kier alpha value is -0.890. The number of phenols is 1. The lowest BCUT2D eigenvalue weighted by Gasteiger charge is -1.91. The standard InChI is InChI=1S/C6H3Cl3.C6H6O/c7-4-1-5(8)3-6(9)2-4;7-6-4-2-1-3-5-6/h1-3H;1-5,7H. The first-order valence-electron chi connectivity index (χ1n) is 4.43. The summed E-state index contributed by atoms with van der Waals surface area (Å²) in [7, 11) is 0. The quantitative estimate of drug-likeness (QED) is 0.714. The van der Waals surface area contributed by atoms with Crippen molar-refractivity contribution in [2.75, 3.05) is 0 Å². The van der Waals surface area contributed by atoms with Crippen LogP contribution in [-0.4, -0.2) is 5.11 Å². The van der Waals surface area contributed by atoms with E-state index in [1.165, 1.54) is 0 Å². The van der Waals surface area contributed by atoms with Gasteiger partial charge in [-0.3, -0.25) is 0 Å². The van der Waals surface area contributed by atoms with E-state index in [1.807, 2.05) is 6.07 Å². The second kappa shape index (κ2) is 6.64. The molecule has 2 aromatic carbocycles. The van der Waals surface area contributed by atoms with Gasteiger partial charge in [-0.15, -0.1) is 0 Å². The molecule has 84 valence electrons. The maximum absolute atomic E-state index is 8.63. The maximum atomic E-state index is 8.63. The van der Waals surface area contributed by atoms with E-state index in [0.29, 0.717) is 20.8 Å². The fourth-order valence-corrected chi connectivity index (χ4v) is 1.82. The lowest BCUT2D eigenvalue weighted by molar-refractivity contribution is 0.475. The lowest BCUT2D eigenvalue weighted by Crippen LogP contribution is -1.65. The Kier molecular flexibility index (Phi) is 5.47. The Morgan fingerprint density at radius 1 is 0.688 bits per heavy atom. The second-order valence-electron chi connectivity index (χ2n) is 2.92. The lowest BCUT2D eigenvalue weighted by atomic mass is 10.3. The van der Waals surface area contributed by atoms with Crippen molar-refractivity contribution in [2.45, 2.75) is 0 Å². The average molecular weight is 276 g/mol. The van der Waals surface area contributed by atoms with Crippen molar-refractivity contribution >= 4 is 34.8 Å². The molecule has 4 heteroatoms. The van der Waals surface area contributed by atoms with Gasteiger partial charge in [0.25, 0.3) is 0 Å². The first-order valence-corrected chi connectivity index (χ1v) is 5.57. The van der Waals surface area contributed by atoms with Gasteiger partial charge in [-0.05, 0) is 30.3 Å². The number of phenolic OH excluding ortho intramolecular Hbond substituents is 1. The number of hydrogen-bond acceptors (Lipinski definition) is 1. The van der Waals surface area contributed by atoms with Gasteiger partial charge >= 0.3 is 0 Å². The van der Waals surface area contributed by atoms with Crippen LogP contribution in [0.4, 0.5) is 0 Å². The van der Waals surface area contributed by atoms with E-state index in [1.54, 1.807) is 42.5 Å². The van der Waals surface area contributed by atoms with Crippen LogP contribution < -0.4 is 0 Å². The van der Waals surface area contributed by atoms with E-state index in [9.17, 15) is 0 Å². The zero-order valence-electron chi connectivity index (χ0n) is 8.20. The molecule has 0 unspecified atom stereocenters. The van der Waals surface area contributed by atoms with Crippen LogP contribution in [0.2, 0.25) is 15.1 Å². The molecule has 0 atom stereocenters. The predicted octanol–water partition coefficient (Wildman–Crippen LogP) is 5.04. The van der Waals surface area contributed by atoms with Crippen LogP contribution in [0, 0.1) is 0 Å². The van der Waals surface area contributed by atoms with Gasteiger partial charge in [-0.25, -0.2) is 0 Å². The molecule has 1 nitrogen and oxygen atoms in total. The monoisotopic (exact) mass is 274 g/mol. The van der Waals surface area contributed by atoms with Crippen LogP contribution in [0.3, 0.4) is 0 Å². The van der Waals surface area contributed by atoms with Gasteiger partial charge in [-0.2, -0.15) is 0 Å². The highest BCUT2D eigenvalue weighted by Gasteiger charge is 1.92. The maximum Gasteiger partial charge on any atom is 0.115 e. The molecule has 0 heterocycles. The molecule has 0 aromatic heterocycles. The van der Waals surface area contributed by atoms with Crippen LogP contribution in [0.25, 0.3) is 0 Å². The van der Waals surface area contributed by atoms with Crippen LogP contribution in [0.5, 0.6) is 5.75 Å². The van der Waals surface area contributed by atoms with Crippen molar-refractivity contribution in [2.24, 2.45) is 0 Å². The number of halogens is 3. The molecule has 0 bridgehead atoms. The molecule has 0 amide bonds. The van der Waals surface area contributed by atoms with E-state index < -0.39 is 0 Å². The van der Waals surface area contributed by atoms with Gasteiger partial charge in [-0.1, -0.05) is 53.0 Å². The predicted molar refractivity (Wildman–Crippen MR) is 69.6 cm³/mol. The molecular weight excluding hydrogens is 266 g/mol. The summed E-state index contributed by atoms with van der Waals surface area (Å²) in [5.74, 6) is 0.322. The molecule has 1 N–H and O–H groups in total.